The number of hydrogen-bond donors (Lipinski definition) is 0. The lowest BCUT2D eigenvalue weighted by Gasteiger charge is -2.37. The van der Waals surface area contributed by atoms with Gasteiger partial charge in [0, 0.05) is 44.8 Å². The van der Waals surface area contributed by atoms with E-state index in [1.165, 1.54) is 0 Å². The van der Waals surface area contributed by atoms with Gasteiger partial charge in [0.15, 0.2) is 0 Å². The summed E-state index contributed by atoms with van der Waals surface area (Å²) >= 11 is 0. The summed E-state index contributed by atoms with van der Waals surface area (Å²) in [5.74, 6) is 1.54. The van der Waals surface area contributed by atoms with Gasteiger partial charge in [-0.25, -0.2) is 9.78 Å². The fourth-order valence-electron chi connectivity index (χ4n) is 3.87. The highest BCUT2D eigenvalue weighted by molar-refractivity contribution is 5.75. The lowest BCUT2D eigenvalue weighted by atomic mass is 10.2. The molecule has 2 fully saturated rings. The number of carbonyl (C=O) groups excluding carboxylic acids is 1. The summed E-state index contributed by atoms with van der Waals surface area (Å²) in [6.45, 7) is 4.55. The summed E-state index contributed by atoms with van der Waals surface area (Å²) in [5, 5.41) is 8.26. The number of rotatable bonds is 3. The quantitative estimate of drug-likeness (QED) is 0.661. The van der Waals surface area contributed by atoms with Crippen molar-refractivity contribution in [3.8, 4) is 23.0 Å². The molecule has 0 saturated carbocycles. The van der Waals surface area contributed by atoms with Crippen molar-refractivity contribution in [1.82, 2.24) is 30.0 Å². The number of aromatic nitrogens is 4. The van der Waals surface area contributed by atoms with E-state index in [4.69, 9.17) is 4.42 Å². The monoisotopic (exact) mass is 405 g/mol. The third-order valence-corrected chi connectivity index (χ3v) is 5.54. The van der Waals surface area contributed by atoms with Crippen molar-refractivity contribution in [3.63, 3.8) is 0 Å². The van der Waals surface area contributed by atoms with Crippen LogP contribution in [0.3, 0.4) is 0 Å². The summed E-state index contributed by atoms with van der Waals surface area (Å²) in [6, 6.07) is 9.78. The molecule has 9 heteroatoms. The third-order valence-electron chi connectivity index (χ3n) is 5.54. The molecule has 154 valence electrons. The molecule has 0 bridgehead atoms. The van der Waals surface area contributed by atoms with E-state index in [0.717, 1.165) is 50.4 Å². The van der Waals surface area contributed by atoms with Crippen LogP contribution in [0.2, 0.25) is 0 Å². The number of hydrogen-bond acceptors (Lipinski definition) is 7. The lowest BCUT2D eigenvalue weighted by molar-refractivity contribution is 0.159. The highest BCUT2D eigenvalue weighted by Crippen LogP contribution is 2.24. The van der Waals surface area contributed by atoms with E-state index in [1.54, 1.807) is 12.4 Å². The zero-order valence-corrected chi connectivity index (χ0v) is 16.6. The molecule has 0 atom stereocenters. The topological polar surface area (TPSA) is 91.5 Å². The molecule has 2 aliphatic heterocycles. The lowest BCUT2D eigenvalue weighted by Crippen LogP contribution is -2.52. The molecule has 0 radical (unpaired) electrons. The van der Waals surface area contributed by atoms with Crippen molar-refractivity contribution in [2.75, 3.05) is 44.2 Å². The van der Waals surface area contributed by atoms with Gasteiger partial charge in [-0.05, 0) is 25.0 Å². The summed E-state index contributed by atoms with van der Waals surface area (Å²) < 4.78 is 5.80. The molecule has 3 aromatic rings. The molecule has 2 saturated heterocycles. The maximum absolute atomic E-state index is 12.6. The van der Waals surface area contributed by atoms with Gasteiger partial charge in [0.25, 0.3) is 5.89 Å². The number of piperazine rings is 1. The summed E-state index contributed by atoms with van der Waals surface area (Å²) in [6.07, 6.45) is 5.57. The van der Waals surface area contributed by atoms with Gasteiger partial charge in [-0.3, -0.25) is 4.98 Å². The molecule has 5 rings (SSSR count). The van der Waals surface area contributed by atoms with Crippen molar-refractivity contribution in [2.45, 2.75) is 12.8 Å². The van der Waals surface area contributed by atoms with E-state index < -0.39 is 0 Å². The van der Waals surface area contributed by atoms with E-state index in [9.17, 15) is 4.79 Å². The van der Waals surface area contributed by atoms with Gasteiger partial charge in [-0.15, -0.1) is 10.2 Å². The first kappa shape index (κ1) is 18.5. The van der Waals surface area contributed by atoms with Crippen LogP contribution in [0.25, 0.3) is 23.0 Å². The van der Waals surface area contributed by atoms with Crippen LogP contribution in [0, 0.1) is 0 Å². The minimum absolute atomic E-state index is 0.159. The molecule has 2 amide bonds. The number of anilines is 1. The second-order valence-electron chi connectivity index (χ2n) is 7.49. The number of benzene rings is 1. The Morgan fingerprint density at radius 3 is 2.30 bits per heavy atom. The number of likely N-dealkylation sites (tertiary alicyclic amines) is 1. The van der Waals surface area contributed by atoms with E-state index in [-0.39, 0.29) is 6.03 Å². The summed E-state index contributed by atoms with van der Waals surface area (Å²) in [7, 11) is 0. The first-order valence-corrected chi connectivity index (χ1v) is 10.3. The van der Waals surface area contributed by atoms with Crippen molar-refractivity contribution in [3.05, 3.63) is 42.7 Å². The molecule has 0 unspecified atom stereocenters. The van der Waals surface area contributed by atoms with Crippen molar-refractivity contribution in [2.24, 2.45) is 0 Å². The Morgan fingerprint density at radius 2 is 1.53 bits per heavy atom. The summed E-state index contributed by atoms with van der Waals surface area (Å²) in [5.41, 5.74) is 1.40. The van der Waals surface area contributed by atoms with Gasteiger partial charge >= 0.3 is 6.03 Å². The minimum atomic E-state index is 0.159. The zero-order valence-electron chi connectivity index (χ0n) is 16.6. The Kier molecular flexibility index (Phi) is 5.00. The van der Waals surface area contributed by atoms with Crippen LogP contribution in [0.15, 0.2) is 47.1 Å². The standard InChI is InChI=1S/C21H23N7O2/c29-21(27-8-4-5-9-27)28-12-10-26(11-13-28)18-15-22-14-17(23-18)20-25-24-19(30-20)16-6-2-1-3-7-16/h1-3,6-7,14-15H,4-5,8-13H2. The second kappa shape index (κ2) is 8.10. The second-order valence-corrected chi connectivity index (χ2v) is 7.49. The van der Waals surface area contributed by atoms with Gasteiger partial charge in [-0.2, -0.15) is 0 Å². The predicted octanol–water partition coefficient (Wildman–Crippen LogP) is 2.53. The minimum Gasteiger partial charge on any atom is -0.415 e. The predicted molar refractivity (Wildman–Crippen MR) is 111 cm³/mol. The molecule has 2 aliphatic rings. The van der Waals surface area contributed by atoms with Crippen molar-refractivity contribution >= 4 is 11.8 Å². The smallest absolute Gasteiger partial charge is 0.320 e. The van der Waals surface area contributed by atoms with Gasteiger partial charge in [-0.1, -0.05) is 18.2 Å². The van der Waals surface area contributed by atoms with Gasteiger partial charge in [0.1, 0.15) is 11.5 Å². The van der Waals surface area contributed by atoms with Crippen LogP contribution in [0.5, 0.6) is 0 Å². The van der Waals surface area contributed by atoms with Crippen LogP contribution in [0.1, 0.15) is 12.8 Å². The molecule has 30 heavy (non-hydrogen) atoms. The molecule has 9 nitrogen and oxygen atoms in total. The Bertz CT molecular complexity index is 1010. The van der Waals surface area contributed by atoms with Crippen molar-refractivity contribution < 1.29 is 9.21 Å². The van der Waals surface area contributed by atoms with E-state index >= 15 is 0 Å². The molecule has 0 spiro atoms. The molecule has 0 N–H and O–H groups in total. The van der Waals surface area contributed by atoms with Crippen LogP contribution in [-0.2, 0) is 0 Å². The number of carbonyl (C=O) groups is 1. The molecule has 1 aromatic carbocycles. The largest absolute Gasteiger partial charge is 0.415 e. The van der Waals surface area contributed by atoms with E-state index in [1.807, 2.05) is 40.1 Å². The Balaban J connectivity index is 1.27. The number of urea groups is 1. The molecule has 4 heterocycles. The maximum atomic E-state index is 12.6. The average Bonchev–Trinajstić information content (AvgIpc) is 3.52. The van der Waals surface area contributed by atoms with Gasteiger partial charge in [0.05, 0.1) is 12.4 Å². The summed E-state index contributed by atoms with van der Waals surface area (Å²) in [4.78, 5) is 27.6. The van der Waals surface area contributed by atoms with E-state index in [2.05, 4.69) is 25.1 Å². The Hall–Kier alpha value is -3.49. The van der Waals surface area contributed by atoms with Crippen LogP contribution >= 0.6 is 0 Å². The highest BCUT2D eigenvalue weighted by atomic mass is 16.4. The number of nitrogens with zero attached hydrogens (tertiary/aromatic N) is 7. The molecular weight excluding hydrogens is 382 g/mol. The zero-order chi connectivity index (χ0) is 20.3. The SMILES string of the molecule is O=C(N1CCCC1)N1CCN(c2cncc(-c3nnc(-c4ccccc4)o3)n2)CC1. The van der Waals surface area contributed by atoms with Crippen LogP contribution in [0.4, 0.5) is 10.6 Å². The van der Waals surface area contributed by atoms with Crippen molar-refractivity contribution in [1.29, 1.82) is 0 Å². The Morgan fingerprint density at radius 1 is 0.833 bits per heavy atom. The highest BCUT2D eigenvalue weighted by Gasteiger charge is 2.27. The van der Waals surface area contributed by atoms with E-state index in [0.29, 0.717) is 30.6 Å². The maximum Gasteiger partial charge on any atom is 0.320 e. The average molecular weight is 405 g/mol. The van der Waals surface area contributed by atoms with Gasteiger partial charge in [0.2, 0.25) is 5.89 Å². The molecular formula is C21H23N7O2. The fraction of sp³-hybridized carbons (Fsp3) is 0.381. The fourth-order valence-corrected chi connectivity index (χ4v) is 3.87. The Labute approximate surface area is 174 Å². The first-order chi connectivity index (χ1) is 14.8. The molecule has 2 aromatic heterocycles. The normalized spacial score (nSPS) is 16.9. The third kappa shape index (κ3) is 3.70. The van der Waals surface area contributed by atoms with Gasteiger partial charge < -0.3 is 19.1 Å². The van der Waals surface area contributed by atoms with Crippen LogP contribution < -0.4 is 4.90 Å². The molecule has 0 aliphatic carbocycles. The first-order valence-electron chi connectivity index (χ1n) is 10.3. The number of amides is 2. The van der Waals surface area contributed by atoms with Crippen LogP contribution in [-0.4, -0.2) is 75.3 Å².